The van der Waals surface area contributed by atoms with E-state index in [1.807, 2.05) is 0 Å². The number of carbonyl (C=O) groups excluding carboxylic acids is 1. The van der Waals surface area contributed by atoms with Crippen molar-refractivity contribution in [1.29, 1.82) is 0 Å². The molecular formula is C12H19F2NO. The van der Waals surface area contributed by atoms with E-state index in [1.165, 1.54) is 0 Å². The minimum Gasteiger partial charge on any atom is -0.342 e. The quantitative estimate of drug-likeness (QED) is 0.679. The van der Waals surface area contributed by atoms with Crippen LogP contribution in [0.3, 0.4) is 0 Å². The minimum absolute atomic E-state index is 0.0379. The van der Waals surface area contributed by atoms with E-state index in [1.54, 1.807) is 4.90 Å². The lowest BCUT2D eigenvalue weighted by Crippen LogP contribution is -2.41. The maximum Gasteiger partial charge on any atom is 0.248 e. The van der Waals surface area contributed by atoms with Gasteiger partial charge in [-0.15, -0.1) is 0 Å². The first-order chi connectivity index (χ1) is 7.48. The molecule has 1 saturated heterocycles. The van der Waals surface area contributed by atoms with Gasteiger partial charge in [0.1, 0.15) is 0 Å². The van der Waals surface area contributed by atoms with Gasteiger partial charge in [-0.2, -0.15) is 0 Å². The van der Waals surface area contributed by atoms with E-state index in [-0.39, 0.29) is 18.7 Å². The Kier molecular flexibility index (Phi) is 3.17. The monoisotopic (exact) mass is 231 g/mol. The van der Waals surface area contributed by atoms with E-state index >= 15 is 0 Å². The lowest BCUT2D eigenvalue weighted by atomic mass is 9.97. The second-order valence-corrected chi connectivity index (χ2v) is 5.30. The third kappa shape index (κ3) is 2.53. The molecule has 1 heterocycles. The van der Waals surface area contributed by atoms with Crippen LogP contribution >= 0.6 is 0 Å². The summed E-state index contributed by atoms with van der Waals surface area (Å²) in [4.78, 5) is 13.8. The maximum atomic E-state index is 13.0. The van der Waals surface area contributed by atoms with Crippen LogP contribution in [0.5, 0.6) is 0 Å². The number of carbonyl (C=O) groups is 1. The standard InChI is InChI=1S/C12H19F2NO/c1-9-3-6-15(7-4-9)11(16)10-2-5-12(13,14)8-10/h9-10H,2-8H2,1H3. The van der Waals surface area contributed by atoms with E-state index in [2.05, 4.69) is 6.92 Å². The third-order valence-electron chi connectivity index (χ3n) is 3.85. The highest BCUT2D eigenvalue weighted by Gasteiger charge is 2.43. The van der Waals surface area contributed by atoms with Crippen molar-refractivity contribution in [3.05, 3.63) is 0 Å². The zero-order chi connectivity index (χ0) is 11.8. The smallest absolute Gasteiger partial charge is 0.248 e. The summed E-state index contributed by atoms with van der Waals surface area (Å²) >= 11 is 0. The lowest BCUT2D eigenvalue weighted by Gasteiger charge is -2.32. The molecule has 2 aliphatic rings. The Labute approximate surface area is 95.0 Å². The second-order valence-electron chi connectivity index (χ2n) is 5.30. The van der Waals surface area contributed by atoms with E-state index in [9.17, 15) is 13.6 Å². The number of amides is 1. The van der Waals surface area contributed by atoms with Crippen LogP contribution < -0.4 is 0 Å². The first-order valence-corrected chi connectivity index (χ1v) is 6.14. The van der Waals surface area contributed by atoms with Crippen molar-refractivity contribution in [3.8, 4) is 0 Å². The van der Waals surface area contributed by atoms with Crippen molar-refractivity contribution in [3.63, 3.8) is 0 Å². The normalized spacial score (nSPS) is 30.7. The summed E-state index contributed by atoms with van der Waals surface area (Å²) in [6.07, 6.45) is 2.02. The number of piperidine rings is 1. The number of alkyl halides is 2. The van der Waals surface area contributed by atoms with Gasteiger partial charge in [-0.25, -0.2) is 8.78 Å². The van der Waals surface area contributed by atoms with Gasteiger partial charge in [0.05, 0.1) is 0 Å². The Morgan fingerprint density at radius 2 is 1.88 bits per heavy atom. The molecule has 16 heavy (non-hydrogen) atoms. The number of nitrogens with zero attached hydrogens (tertiary/aromatic N) is 1. The molecule has 0 aromatic carbocycles. The fourth-order valence-electron chi connectivity index (χ4n) is 2.65. The fraction of sp³-hybridized carbons (Fsp3) is 0.917. The van der Waals surface area contributed by atoms with Crippen LogP contribution in [0.4, 0.5) is 8.78 Å². The van der Waals surface area contributed by atoms with Gasteiger partial charge in [-0.3, -0.25) is 4.79 Å². The van der Waals surface area contributed by atoms with Gasteiger partial charge in [-0.05, 0) is 25.2 Å². The average molecular weight is 231 g/mol. The lowest BCUT2D eigenvalue weighted by molar-refractivity contribution is -0.137. The molecule has 1 atom stereocenters. The van der Waals surface area contributed by atoms with E-state index < -0.39 is 11.8 Å². The Hall–Kier alpha value is -0.670. The van der Waals surface area contributed by atoms with Crippen LogP contribution in [-0.4, -0.2) is 29.8 Å². The molecule has 0 spiro atoms. The van der Waals surface area contributed by atoms with Crippen LogP contribution in [0.2, 0.25) is 0 Å². The molecule has 0 bridgehead atoms. The summed E-state index contributed by atoms with van der Waals surface area (Å²) < 4.78 is 26.0. The van der Waals surface area contributed by atoms with Gasteiger partial charge < -0.3 is 4.90 Å². The third-order valence-corrected chi connectivity index (χ3v) is 3.85. The Morgan fingerprint density at radius 1 is 1.25 bits per heavy atom. The molecule has 1 aliphatic heterocycles. The van der Waals surface area contributed by atoms with Crippen LogP contribution in [0.25, 0.3) is 0 Å². The van der Waals surface area contributed by atoms with Crippen LogP contribution in [0.15, 0.2) is 0 Å². The molecule has 2 rings (SSSR count). The van der Waals surface area contributed by atoms with Gasteiger partial charge in [0.25, 0.3) is 0 Å². The molecule has 92 valence electrons. The number of likely N-dealkylation sites (tertiary alicyclic amines) is 1. The van der Waals surface area contributed by atoms with Gasteiger partial charge in [0.15, 0.2) is 0 Å². The van der Waals surface area contributed by atoms with Crippen LogP contribution in [0.1, 0.15) is 39.0 Å². The highest BCUT2D eigenvalue weighted by molar-refractivity contribution is 5.79. The molecule has 0 N–H and O–H groups in total. The Morgan fingerprint density at radius 3 is 2.38 bits per heavy atom. The topological polar surface area (TPSA) is 20.3 Å². The predicted molar refractivity (Wildman–Crippen MR) is 57.3 cm³/mol. The number of halogens is 2. The summed E-state index contributed by atoms with van der Waals surface area (Å²) in [7, 11) is 0. The Balaban J connectivity index is 1.89. The summed E-state index contributed by atoms with van der Waals surface area (Å²) in [6.45, 7) is 3.68. The predicted octanol–water partition coefficient (Wildman–Crippen LogP) is 2.68. The number of hydrogen-bond donors (Lipinski definition) is 0. The summed E-state index contributed by atoms with van der Waals surface area (Å²) in [5.74, 6) is -2.41. The minimum atomic E-state index is -2.61. The molecule has 0 aromatic heterocycles. The van der Waals surface area contributed by atoms with Crippen molar-refractivity contribution >= 4 is 5.91 Å². The average Bonchev–Trinajstić information content (AvgIpc) is 2.59. The first-order valence-electron chi connectivity index (χ1n) is 6.14. The SMILES string of the molecule is CC1CCN(C(=O)C2CCC(F)(F)C2)CC1. The summed E-state index contributed by atoms with van der Waals surface area (Å²) in [5.41, 5.74) is 0. The number of rotatable bonds is 1. The molecular weight excluding hydrogens is 212 g/mol. The molecule has 1 saturated carbocycles. The van der Waals surface area contributed by atoms with Crippen LogP contribution in [0, 0.1) is 11.8 Å². The van der Waals surface area contributed by atoms with Crippen molar-refractivity contribution in [2.24, 2.45) is 11.8 Å². The molecule has 1 aliphatic carbocycles. The molecule has 1 amide bonds. The molecule has 2 fully saturated rings. The van der Waals surface area contributed by atoms with E-state index in [4.69, 9.17) is 0 Å². The highest BCUT2D eigenvalue weighted by atomic mass is 19.3. The molecule has 2 nitrogen and oxygen atoms in total. The van der Waals surface area contributed by atoms with Crippen LogP contribution in [-0.2, 0) is 4.79 Å². The molecule has 1 unspecified atom stereocenters. The van der Waals surface area contributed by atoms with Crippen molar-refractivity contribution in [1.82, 2.24) is 4.90 Å². The second kappa shape index (κ2) is 4.30. The summed E-state index contributed by atoms with van der Waals surface area (Å²) in [6, 6.07) is 0. The van der Waals surface area contributed by atoms with E-state index in [0.29, 0.717) is 12.3 Å². The first kappa shape index (κ1) is 11.8. The summed E-state index contributed by atoms with van der Waals surface area (Å²) in [5, 5.41) is 0. The van der Waals surface area contributed by atoms with Gasteiger partial charge >= 0.3 is 0 Å². The maximum absolute atomic E-state index is 13.0. The number of hydrogen-bond acceptors (Lipinski definition) is 1. The van der Waals surface area contributed by atoms with Crippen molar-refractivity contribution in [2.45, 2.75) is 45.0 Å². The van der Waals surface area contributed by atoms with Crippen molar-refractivity contribution in [2.75, 3.05) is 13.1 Å². The van der Waals surface area contributed by atoms with Gasteiger partial charge in [0.2, 0.25) is 11.8 Å². The fourth-order valence-corrected chi connectivity index (χ4v) is 2.65. The Bertz CT molecular complexity index is 272. The van der Waals surface area contributed by atoms with Gasteiger partial charge in [-0.1, -0.05) is 6.92 Å². The molecule has 4 heteroatoms. The van der Waals surface area contributed by atoms with E-state index in [0.717, 1.165) is 25.9 Å². The molecule has 0 aromatic rings. The largest absolute Gasteiger partial charge is 0.342 e. The molecule has 0 radical (unpaired) electrons. The van der Waals surface area contributed by atoms with Crippen molar-refractivity contribution < 1.29 is 13.6 Å². The highest BCUT2D eigenvalue weighted by Crippen LogP contribution is 2.39. The zero-order valence-electron chi connectivity index (χ0n) is 9.72. The zero-order valence-corrected chi connectivity index (χ0v) is 9.72. The van der Waals surface area contributed by atoms with Gasteiger partial charge in [0, 0.05) is 31.8 Å².